The molecule has 0 bridgehead atoms. The number of nitrogens with one attached hydrogen (secondary N) is 1. The molecule has 1 fully saturated rings. The molecule has 1 saturated heterocycles. The van der Waals surface area contributed by atoms with Crippen molar-refractivity contribution < 1.29 is 9.32 Å². The zero-order valence-corrected chi connectivity index (χ0v) is 15.3. The molecule has 26 heavy (non-hydrogen) atoms. The molecule has 1 aliphatic rings. The Hall–Kier alpha value is -2.55. The second-order valence-corrected chi connectivity index (χ2v) is 6.62. The van der Waals surface area contributed by atoms with E-state index in [1.165, 1.54) is 0 Å². The fraction of sp³-hybridized carbons (Fsp3) is 0.588. The van der Waals surface area contributed by atoms with Crippen LogP contribution in [0, 0.1) is 0 Å². The molecule has 140 valence electrons. The van der Waals surface area contributed by atoms with Gasteiger partial charge in [-0.15, -0.1) is 0 Å². The maximum Gasteiger partial charge on any atom is 0.234 e. The Bertz CT molecular complexity index is 696. The van der Waals surface area contributed by atoms with E-state index in [0.29, 0.717) is 31.2 Å². The number of aromatic nitrogens is 4. The first-order valence-corrected chi connectivity index (χ1v) is 8.95. The Kier molecular flexibility index (Phi) is 6.11. The smallest absolute Gasteiger partial charge is 0.234 e. The standard InChI is InChI=1S/C17H25N7O2/c1-13(2)16-21-14(22-26-16)4-7-18-15(25)12-23-8-10-24(11-9-23)17-19-5-3-6-20-17/h3,5-6,13H,4,7-12H2,1-2H3,(H,18,25). The van der Waals surface area contributed by atoms with Crippen molar-refractivity contribution in [2.45, 2.75) is 26.2 Å². The van der Waals surface area contributed by atoms with Gasteiger partial charge in [0.1, 0.15) is 0 Å². The predicted molar refractivity (Wildman–Crippen MR) is 95.8 cm³/mol. The number of anilines is 1. The van der Waals surface area contributed by atoms with Gasteiger partial charge in [-0.05, 0) is 6.07 Å². The van der Waals surface area contributed by atoms with Crippen molar-refractivity contribution in [3.8, 4) is 0 Å². The summed E-state index contributed by atoms with van der Waals surface area (Å²) in [5.74, 6) is 2.24. The number of rotatable bonds is 7. The molecular formula is C17H25N7O2. The number of hydrogen-bond donors (Lipinski definition) is 1. The van der Waals surface area contributed by atoms with Crippen molar-refractivity contribution in [2.75, 3.05) is 44.2 Å². The van der Waals surface area contributed by atoms with Crippen LogP contribution in [0.5, 0.6) is 0 Å². The molecule has 1 N–H and O–H groups in total. The number of piperazine rings is 1. The van der Waals surface area contributed by atoms with Gasteiger partial charge < -0.3 is 14.7 Å². The molecule has 0 spiro atoms. The largest absolute Gasteiger partial charge is 0.355 e. The van der Waals surface area contributed by atoms with Crippen LogP contribution in [-0.2, 0) is 11.2 Å². The minimum absolute atomic E-state index is 0.0157. The monoisotopic (exact) mass is 359 g/mol. The minimum Gasteiger partial charge on any atom is -0.355 e. The summed E-state index contributed by atoms with van der Waals surface area (Å²) in [7, 11) is 0. The van der Waals surface area contributed by atoms with Gasteiger partial charge >= 0.3 is 0 Å². The van der Waals surface area contributed by atoms with Gasteiger partial charge in [0.15, 0.2) is 5.82 Å². The second kappa shape index (κ2) is 8.70. The summed E-state index contributed by atoms with van der Waals surface area (Å²) in [4.78, 5) is 29.2. The Morgan fingerprint density at radius 1 is 1.23 bits per heavy atom. The second-order valence-electron chi connectivity index (χ2n) is 6.62. The van der Waals surface area contributed by atoms with Gasteiger partial charge in [-0.3, -0.25) is 9.69 Å². The number of hydrogen-bond acceptors (Lipinski definition) is 8. The van der Waals surface area contributed by atoms with Crippen molar-refractivity contribution in [3.63, 3.8) is 0 Å². The van der Waals surface area contributed by atoms with E-state index in [2.05, 4.69) is 35.2 Å². The highest BCUT2D eigenvalue weighted by Gasteiger charge is 2.20. The van der Waals surface area contributed by atoms with Crippen LogP contribution >= 0.6 is 0 Å². The molecule has 2 aromatic rings. The highest BCUT2D eigenvalue weighted by molar-refractivity contribution is 5.78. The molecule has 2 aromatic heterocycles. The average Bonchev–Trinajstić information content (AvgIpc) is 3.12. The van der Waals surface area contributed by atoms with E-state index in [1.54, 1.807) is 12.4 Å². The molecule has 0 atom stereocenters. The van der Waals surface area contributed by atoms with Crippen molar-refractivity contribution in [1.82, 2.24) is 30.3 Å². The van der Waals surface area contributed by atoms with Crippen LogP contribution in [0.25, 0.3) is 0 Å². The number of carbonyl (C=O) groups excluding carboxylic acids is 1. The molecule has 0 unspecified atom stereocenters. The van der Waals surface area contributed by atoms with E-state index in [9.17, 15) is 4.79 Å². The zero-order chi connectivity index (χ0) is 18.4. The summed E-state index contributed by atoms with van der Waals surface area (Å²) in [5, 5.41) is 6.84. The lowest BCUT2D eigenvalue weighted by Gasteiger charge is -2.34. The van der Waals surface area contributed by atoms with Gasteiger partial charge in [0.25, 0.3) is 0 Å². The van der Waals surface area contributed by atoms with Crippen molar-refractivity contribution in [3.05, 3.63) is 30.2 Å². The molecule has 0 radical (unpaired) electrons. The van der Waals surface area contributed by atoms with E-state index >= 15 is 0 Å². The predicted octanol–water partition coefficient (Wildman–Crippen LogP) is 0.464. The van der Waals surface area contributed by atoms with Crippen LogP contribution in [-0.4, -0.2) is 70.2 Å². The lowest BCUT2D eigenvalue weighted by atomic mass is 10.2. The number of nitrogens with zero attached hydrogens (tertiary/aromatic N) is 6. The van der Waals surface area contributed by atoms with Gasteiger partial charge in [0.2, 0.25) is 17.7 Å². The molecule has 9 nitrogen and oxygen atoms in total. The van der Waals surface area contributed by atoms with E-state index in [0.717, 1.165) is 32.1 Å². The van der Waals surface area contributed by atoms with Crippen LogP contribution in [0.3, 0.4) is 0 Å². The third kappa shape index (κ3) is 4.98. The molecule has 0 saturated carbocycles. The van der Waals surface area contributed by atoms with Crippen LogP contribution in [0.1, 0.15) is 31.5 Å². The molecule has 1 amide bonds. The first kappa shape index (κ1) is 18.2. The fourth-order valence-electron chi connectivity index (χ4n) is 2.74. The molecule has 1 aliphatic heterocycles. The molecule has 3 rings (SSSR count). The highest BCUT2D eigenvalue weighted by atomic mass is 16.5. The van der Waals surface area contributed by atoms with E-state index in [-0.39, 0.29) is 11.8 Å². The molecule has 0 aliphatic carbocycles. The maximum absolute atomic E-state index is 12.1. The lowest BCUT2D eigenvalue weighted by Crippen LogP contribution is -2.50. The summed E-state index contributed by atoms with van der Waals surface area (Å²) in [6, 6.07) is 1.81. The van der Waals surface area contributed by atoms with Crippen molar-refractivity contribution in [1.29, 1.82) is 0 Å². The maximum atomic E-state index is 12.1. The summed E-state index contributed by atoms with van der Waals surface area (Å²) in [6.07, 6.45) is 4.06. The Labute approximate surface area is 152 Å². The van der Waals surface area contributed by atoms with Gasteiger partial charge in [0, 0.05) is 57.5 Å². The fourth-order valence-corrected chi connectivity index (χ4v) is 2.74. The quantitative estimate of drug-likeness (QED) is 0.761. The third-order valence-electron chi connectivity index (χ3n) is 4.22. The van der Waals surface area contributed by atoms with Gasteiger partial charge in [-0.25, -0.2) is 9.97 Å². The molecule has 9 heteroatoms. The Morgan fingerprint density at radius 2 is 1.96 bits per heavy atom. The topological polar surface area (TPSA) is 100 Å². The first-order chi connectivity index (χ1) is 12.6. The summed E-state index contributed by atoms with van der Waals surface area (Å²) in [5.41, 5.74) is 0. The Balaban J connectivity index is 1.35. The normalized spacial score (nSPS) is 15.4. The first-order valence-electron chi connectivity index (χ1n) is 8.95. The number of carbonyl (C=O) groups is 1. The zero-order valence-electron chi connectivity index (χ0n) is 15.3. The summed E-state index contributed by atoms with van der Waals surface area (Å²) in [6.45, 7) is 8.17. The highest BCUT2D eigenvalue weighted by Crippen LogP contribution is 2.11. The minimum atomic E-state index is 0.0157. The van der Waals surface area contributed by atoms with E-state index in [1.807, 2.05) is 19.9 Å². The molecular weight excluding hydrogens is 334 g/mol. The summed E-state index contributed by atoms with van der Waals surface area (Å²) < 4.78 is 5.15. The van der Waals surface area contributed by atoms with Crippen LogP contribution in [0.15, 0.2) is 23.0 Å². The summed E-state index contributed by atoms with van der Waals surface area (Å²) >= 11 is 0. The van der Waals surface area contributed by atoms with Crippen LogP contribution in [0.2, 0.25) is 0 Å². The lowest BCUT2D eigenvalue weighted by molar-refractivity contribution is -0.122. The number of amides is 1. The molecule has 3 heterocycles. The van der Waals surface area contributed by atoms with Gasteiger partial charge in [0.05, 0.1) is 6.54 Å². The average molecular weight is 359 g/mol. The third-order valence-corrected chi connectivity index (χ3v) is 4.22. The van der Waals surface area contributed by atoms with Gasteiger partial charge in [-0.1, -0.05) is 19.0 Å². The van der Waals surface area contributed by atoms with Crippen molar-refractivity contribution >= 4 is 11.9 Å². The van der Waals surface area contributed by atoms with Gasteiger partial charge in [-0.2, -0.15) is 4.98 Å². The van der Waals surface area contributed by atoms with Crippen molar-refractivity contribution in [2.24, 2.45) is 0 Å². The van der Waals surface area contributed by atoms with E-state index in [4.69, 9.17) is 4.52 Å². The van der Waals surface area contributed by atoms with Crippen LogP contribution in [0.4, 0.5) is 5.95 Å². The molecule has 0 aromatic carbocycles. The Morgan fingerprint density at radius 3 is 2.62 bits per heavy atom. The van der Waals surface area contributed by atoms with Crippen LogP contribution < -0.4 is 10.2 Å². The SMILES string of the molecule is CC(C)c1nc(CCNC(=O)CN2CCN(c3ncccn3)CC2)no1. The van der Waals surface area contributed by atoms with E-state index < -0.39 is 0 Å².